The van der Waals surface area contributed by atoms with Crippen LogP contribution in [0, 0.1) is 0 Å². The Hall–Kier alpha value is -0.600. The van der Waals surface area contributed by atoms with Gasteiger partial charge in [0.15, 0.2) is 0 Å². The normalized spacial score (nSPS) is 16.0. The quantitative estimate of drug-likeness (QED) is 0.468. The van der Waals surface area contributed by atoms with E-state index in [4.69, 9.17) is 0 Å². The fourth-order valence-electron chi connectivity index (χ4n) is 1.70. The summed E-state index contributed by atoms with van der Waals surface area (Å²) in [5.74, 6) is 0. The summed E-state index contributed by atoms with van der Waals surface area (Å²) in [7, 11) is 0. The number of allylic oxidation sites excluding steroid dienone is 2. The molecule has 0 saturated carbocycles. The molecule has 2 atom stereocenters. The maximum Gasteiger partial charge on any atom is 0.0720 e. The number of hydrogen-bond acceptors (Lipinski definition) is 2. The van der Waals surface area contributed by atoms with Crippen molar-refractivity contribution in [3.63, 3.8) is 0 Å². The lowest BCUT2D eigenvalue weighted by atomic mass is 10.1. The molecule has 0 aliphatic rings. The number of aliphatic hydroxyl groups excluding tert-OH is 2. The van der Waals surface area contributed by atoms with E-state index >= 15 is 0 Å². The Labute approximate surface area is 99.7 Å². The Morgan fingerprint density at radius 2 is 1.12 bits per heavy atom. The molecule has 0 saturated heterocycles. The fraction of sp³-hybridized carbons (Fsp3) is 0.714. The molecule has 0 aromatic carbocycles. The second-order valence-electron chi connectivity index (χ2n) is 4.18. The van der Waals surface area contributed by atoms with Crippen LogP contribution >= 0.6 is 0 Å². The van der Waals surface area contributed by atoms with Gasteiger partial charge in [-0.15, -0.1) is 0 Å². The minimum absolute atomic E-state index is 0.279. The molecule has 0 aromatic rings. The zero-order valence-electron chi connectivity index (χ0n) is 10.6. The molecule has 0 rings (SSSR count). The van der Waals surface area contributed by atoms with Gasteiger partial charge >= 0.3 is 0 Å². The largest absolute Gasteiger partial charge is 0.389 e. The highest BCUT2D eigenvalue weighted by atomic mass is 16.3. The molecule has 2 N–H and O–H groups in total. The third-order valence-electron chi connectivity index (χ3n) is 2.58. The van der Waals surface area contributed by atoms with E-state index in [1.807, 2.05) is 38.2 Å². The minimum atomic E-state index is -0.279. The van der Waals surface area contributed by atoms with Crippen LogP contribution < -0.4 is 0 Å². The summed E-state index contributed by atoms with van der Waals surface area (Å²) in [6.45, 7) is 3.84. The lowest BCUT2D eigenvalue weighted by Crippen LogP contribution is -2.02. The van der Waals surface area contributed by atoms with Crippen molar-refractivity contribution in [2.45, 2.75) is 64.6 Å². The molecule has 0 spiro atoms. The molecule has 0 amide bonds. The highest BCUT2D eigenvalue weighted by Crippen LogP contribution is 2.10. The SMILES string of the molecule is CC=CC(O)CCCCCCC(O)C=CC. The maximum atomic E-state index is 9.43. The first-order valence-electron chi connectivity index (χ1n) is 6.32. The van der Waals surface area contributed by atoms with Gasteiger partial charge in [0.25, 0.3) is 0 Å². The topological polar surface area (TPSA) is 40.5 Å². The predicted octanol–water partition coefficient (Wildman–Crippen LogP) is 3.20. The molecule has 2 heteroatoms. The Balaban J connectivity index is 3.27. The van der Waals surface area contributed by atoms with Crippen LogP contribution in [0.1, 0.15) is 52.4 Å². The highest BCUT2D eigenvalue weighted by Gasteiger charge is 2.00. The minimum Gasteiger partial charge on any atom is -0.389 e. The van der Waals surface area contributed by atoms with Gasteiger partial charge in [-0.1, -0.05) is 50.0 Å². The first kappa shape index (κ1) is 15.4. The van der Waals surface area contributed by atoms with Crippen LogP contribution in [-0.2, 0) is 0 Å². The van der Waals surface area contributed by atoms with Crippen LogP contribution in [0.15, 0.2) is 24.3 Å². The van der Waals surface area contributed by atoms with Gasteiger partial charge < -0.3 is 10.2 Å². The van der Waals surface area contributed by atoms with E-state index in [1.54, 1.807) is 0 Å². The molecular formula is C14H26O2. The standard InChI is InChI=1S/C14H26O2/c1-3-9-13(15)11-7-5-6-8-12-14(16)10-4-2/h3-4,9-10,13-16H,5-8,11-12H2,1-2H3. The van der Waals surface area contributed by atoms with Crippen molar-refractivity contribution in [2.24, 2.45) is 0 Å². The summed E-state index contributed by atoms with van der Waals surface area (Å²) < 4.78 is 0. The van der Waals surface area contributed by atoms with Gasteiger partial charge in [0.2, 0.25) is 0 Å². The molecule has 2 nitrogen and oxygen atoms in total. The number of rotatable bonds is 9. The molecule has 0 aliphatic heterocycles. The van der Waals surface area contributed by atoms with Crippen molar-refractivity contribution in [1.82, 2.24) is 0 Å². The first-order chi connectivity index (χ1) is 7.70. The molecule has 0 heterocycles. The second kappa shape index (κ2) is 10.9. The van der Waals surface area contributed by atoms with Crippen LogP contribution in [0.3, 0.4) is 0 Å². The zero-order valence-corrected chi connectivity index (χ0v) is 10.6. The van der Waals surface area contributed by atoms with E-state index in [-0.39, 0.29) is 12.2 Å². The summed E-state index contributed by atoms with van der Waals surface area (Å²) >= 11 is 0. The first-order valence-corrected chi connectivity index (χ1v) is 6.32. The van der Waals surface area contributed by atoms with Crippen molar-refractivity contribution in [3.05, 3.63) is 24.3 Å². The second-order valence-corrected chi connectivity index (χ2v) is 4.18. The van der Waals surface area contributed by atoms with E-state index in [0.717, 1.165) is 38.5 Å². The number of unbranched alkanes of at least 4 members (excludes halogenated alkanes) is 3. The van der Waals surface area contributed by atoms with Gasteiger partial charge in [-0.25, -0.2) is 0 Å². The monoisotopic (exact) mass is 226 g/mol. The van der Waals surface area contributed by atoms with Gasteiger partial charge in [-0.2, -0.15) is 0 Å². The van der Waals surface area contributed by atoms with Gasteiger partial charge in [-0.05, 0) is 26.7 Å². The van der Waals surface area contributed by atoms with E-state index in [0.29, 0.717) is 0 Å². The van der Waals surface area contributed by atoms with Crippen molar-refractivity contribution >= 4 is 0 Å². The van der Waals surface area contributed by atoms with Crippen LogP contribution in [0.2, 0.25) is 0 Å². The highest BCUT2D eigenvalue weighted by molar-refractivity contribution is 4.85. The summed E-state index contributed by atoms with van der Waals surface area (Å²) in [6, 6.07) is 0. The summed E-state index contributed by atoms with van der Waals surface area (Å²) in [5, 5.41) is 18.9. The molecule has 0 aromatic heterocycles. The van der Waals surface area contributed by atoms with Crippen LogP contribution in [-0.4, -0.2) is 22.4 Å². The molecule has 0 radical (unpaired) electrons. The Morgan fingerprint density at radius 1 is 0.750 bits per heavy atom. The van der Waals surface area contributed by atoms with Gasteiger partial charge in [0.05, 0.1) is 12.2 Å². The summed E-state index contributed by atoms with van der Waals surface area (Å²) in [5.41, 5.74) is 0. The lowest BCUT2D eigenvalue weighted by Gasteiger charge is -2.06. The molecular weight excluding hydrogens is 200 g/mol. The zero-order chi connectivity index (χ0) is 12.2. The molecule has 94 valence electrons. The van der Waals surface area contributed by atoms with E-state index < -0.39 is 0 Å². The van der Waals surface area contributed by atoms with Crippen molar-refractivity contribution in [3.8, 4) is 0 Å². The molecule has 16 heavy (non-hydrogen) atoms. The lowest BCUT2D eigenvalue weighted by molar-refractivity contribution is 0.201. The molecule has 2 unspecified atom stereocenters. The van der Waals surface area contributed by atoms with Crippen molar-refractivity contribution in [1.29, 1.82) is 0 Å². The van der Waals surface area contributed by atoms with Gasteiger partial charge in [-0.3, -0.25) is 0 Å². The molecule has 0 bridgehead atoms. The smallest absolute Gasteiger partial charge is 0.0720 e. The number of hydrogen-bond donors (Lipinski definition) is 2. The van der Waals surface area contributed by atoms with Gasteiger partial charge in [0, 0.05) is 0 Å². The van der Waals surface area contributed by atoms with E-state index in [9.17, 15) is 10.2 Å². The fourth-order valence-corrected chi connectivity index (χ4v) is 1.70. The van der Waals surface area contributed by atoms with Crippen LogP contribution in [0.4, 0.5) is 0 Å². The van der Waals surface area contributed by atoms with E-state index in [2.05, 4.69) is 0 Å². The Kier molecular flexibility index (Phi) is 10.5. The molecule has 0 aliphatic carbocycles. The molecule has 0 fully saturated rings. The average Bonchev–Trinajstić information content (AvgIpc) is 2.24. The van der Waals surface area contributed by atoms with Gasteiger partial charge in [0.1, 0.15) is 0 Å². The Morgan fingerprint density at radius 3 is 1.44 bits per heavy atom. The summed E-state index contributed by atoms with van der Waals surface area (Å²) in [6.07, 6.45) is 13.0. The van der Waals surface area contributed by atoms with E-state index in [1.165, 1.54) is 0 Å². The Bertz CT molecular complexity index is 175. The van der Waals surface area contributed by atoms with Crippen molar-refractivity contribution < 1.29 is 10.2 Å². The van der Waals surface area contributed by atoms with Crippen molar-refractivity contribution in [2.75, 3.05) is 0 Å². The van der Waals surface area contributed by atoms with Crippen LogP contribution in [0.5, 0.6) is 0 Å². The summed E-state index contributed by atoms with van der Waals surface area (Å²) in [4.78, 5) is 0. The maximum absolute atomic E-state index is 9.43. The third kappa shape index (κ3) is 9.94. The average molecular weight is 226 g/mol. The van der Waals surface area contributed by atoms with Crippen LogP contribution in [0.25, 0.3) is 0 Å². The number of aliphatic hydroxyl groups is 2. The predicted molar refractivity (Wildman–Crippen MR) is 69.3 cm³/mol. The third-order valence-corrected chi connectivity index (χ3v) is 2.58.